The number of thioether (sulfide) groups is 1. The lowest BCUT2D eigenvalue weighted by Crippen LogP contribution is -2.41. The quantitative estimate of drug-likeness (QED) is 0.788. The van der Waals surface area contributed by atoms with Crippen LogP contribution in [0.2, 0.25) is 0 Å². The summed E-state index contributed by atoms with van der Waals surface area (Å²) in [5.41, 5.74) is 1.47. The second-order valence-electron chi connectivity index (χ2n) is 4.60. The van der Waals surface area contributed by atoms with Crippen molar-refractivity contribution in [3.8, 4) is 0 Å². The molecule has 0 spiro atoms. The van der Waals surface area contributed by atoms with Crippen LogP contribution in [0.1, 0.15) is 13.8 Å². The molecule has 6 nitrogen and oxygen atoms in total. The molecular formula is C15H19N3O3S. The molecule has 0 atom stereocenters. The van der Waals surface area contributed by atoms with Crippen molar-refractivity contribution in [1.29, 1.82) is 0 Å². The number of oxazole rings is 1. The summed E-state index contributed by atoms with van der Waals surface area (Å²) in [5, 5.41) is 3.15. The largest absolute Gasteiger partial charge is 0.431 e. The molecule has 0 aliphatic heterocycles. The minimum absolute atomic E-state index is 0.0806. The smallest absolute Gasteiger partial charge is 0.257 e. The molecule has 2 amide bonds. The van der Waals surface area contributed by atoms with E-state index in [1.54, 1.807) is 0 Å². The highest BCUT2D eigenvalue weighted by Crippen LogP contribution is 2.23. The number of nitrogens with one attached hydrogen (secondary N) is 1. The fourth-order valence-corrected chi connectivity index (χ4v) is 2.67. The Morgan fingerprint density at radius 2 is 2.09 bits per heavy atom. The summed E-state index contributed by atoms with van der Waals surface area (Å²) >= 11 is 1.24. The van der Waals surface area contributed by atoms with Gasteiger partial charge in [0, 0.05) is 13.1 Å². The number of benzene rings is 1. The predicted octanol–water partition coefficient (Wildman–Crippen LogP) is 1.90. The van der Waals surface area contributed by atoms with E-state index in [1.807, 2.05) is 38.1 Å². The highest BCUT2D eigenvalue weighted by atomic mass is 32.2. The van der Waals surface area contributed by atoms with Crippen molar-refractivity contribution < 1.29 is 14.0 Å². The maximum atomic E-state index is 12.2. The molecule has 0 radical (unpaired) electrons. The highest BCUT2D eigenvalue weighted by molar-refractivity contribution is 7.99. The molecule has 0 fully saturated rings. The Balaban J connectivity index is 1.91. The zero-order valence-electron chi connectivity index (χ0n) is 12.7. The van der Waals surface area contributed by atoms with Gasteiger partial charge in [0.25, 0.3) is 5.22 Å². The molecule has 1 N–H and O–H groups in total. The Labute approximate surface area is 133 Å². The second kappa shape index (κ2) is 7.84. The lowest BCUT2D eigenvalue weighted by atomic mass is 10.3. The fraction of sp³-hybridized carbons (Fsp3) is 0.400. The SMILES string of the molecule is CCNC(=O)CN(CC)C(=O)CSc1nc2ccccc2o1. The molecule has 1 aromatic heterocycles. The normalized spacial score (nSPS) is 10.6. The Morgan fingerprint density at radius 1 is 1.32 bits per heavy atom. The van der Waals surface area contributed by atoms with Gasteiger partial charge in [-0.25, -0.2) is 4.98 Å². The van der Waals surface area contributed by atoms with Crippen LogP contribution in [0.5, 0.6) is 0 Å². The van der Waals surface area contributed by atoms with Crippen LogP contribution in [0.4, 0.5) is 0 Å². The van der Waals surface area contributed by atoms with E-state index in [9.17, 15) is 9.59 Å². The summed E-state index contributed by atoms with van der Waals surface area (Å²) < 4.78 is 5.55. The van der Waals surface area contributed by atoms with E-state index in [-0.39, 0.29) is 24.1 Å². The first-order valence-corrected chi connectivity index (χ1v) is 8.15. The molecule has 0 aliphatic rings. The number of rotatable bonds is 7. The van der Waals surface area contributed by atoms with Gasteiger partial charge < -0.3 is 14.6 Å². The topological polar surface area (TPSA) is 75.4 Å². The summed E-state index contributed by atoms with van der Waals surface area (Å²) in [7, 11) is 0. The third-order valence-corrected chi connectivity index (χ3v) is 3.85. The third-order valence-electron chi connectivity index (χ3n) is 3.04. The molecule has 2 rings (SSSR count). The molecule has 2 aromatic rings. The molecule has 0 unspecified atom stereocenters. The van der Waals surface area contributed by atoms with Crippen LogP contribution in [0.25, 0.3) is 11.1 Å². The third kappa shape index (κ3) is 4.24. The Kier molecular flexibility index (Phi) is 5.83. The van der Waals surface area contributed by atoms with Crippen molar-refractivity contribution in [3.63, 3.8) is 0 Å². The fourth-order valence-electron chi connectivity index (χ4n) is 1.93. The van der Waals surface area contributed by atoms with Crippen LogP contribution in [0, 0.1) is 0 Å². The number of fused-ring (bicyclic) bond motifs is 1. The summed E-state index contributed by atoms with van der Waals surface area (Å²) in [6, 6.07) is 7.45. The van der Waals surface area contributed by atoms with Gasteiger partial charge in [0.1, 0.15) is 5.52 Å². The Hall–Kier alpha value is -2.02. The molecule has 1 aromatic carbocycles. The van der Waals surface area contributed by atoms with Gasteiger partial charge in [0.15, 0.2) is 5.58 Å². The molecule has 22 heavy (non-hydrogen) atoms. The number of hydrogen-bond donors (Lipinski definition) is 1. The molecule has 0 aliphatic carbocycles. The Bertz CT molecular complexity index is 623. The van der Waals surface area contributed by atoms with E-state index < -0.39 is 0 Å². The Morgan fingerprint density at radius 3 is 2.77 bits per heavy atom. The van der Waals surface area contributed by atoms with Crippen molar-refractivity contribution in [2.75, 3.05) is 25.4 Å². The summed E-state index contributed by atoms with van der Waals surface area (Å²) in [4.78, 5) is 29.5. The van der Waals surface area contributed by atoms with Crippen LogP contribution in [0.15, 0.2) is 33.9 Å². The van der Waals surface area contributed by atoms with Crippen molar-refractivity contribution in [2.24, 2.45) is 0 Å². The average Bonchev–Trinajstić information content (AvgIpc) is 2.93. The van der Waals surface area contributed by atoms with Crippen LogP contribution in [0.3, 0.4) is 0 Å². The molecule has 1 heterocycles. The standard InChI is InChI=1S/C15H19N3O3S/c1-3-16-13(19)9-18(4-2)14(20)10-22-15-17-11-7-5-6-8-12(11)21-15/h5-8H,3-4,9-10H2,1-2H3,(H,16,19). The second-order valence-corrected chi connectivity index (χ2v) is 5.52. The van der Waals surface area contributed by atoms with Crippen LogP contribution >= 0.6 is 11.8 Å². The van der Waals surface area contributed by atoms with Gasteiger partial charge in [-0.1, -0.05) is 23.9 Å². The van der Waals surface area contributed by atoms with E-state index in [0.717, 1.165) is 5.52 Å². The number of aromatic nitrogens is 1. The number of carbonyl (C=O) groups excluding carboxylic acids is 2. The van der Waals surface area contributed by atoms with Gasteiger partial charge in [-0.2, -0.15) is 0 Å². The lowest BCUT2D eigenvalue weighted by molar-refractivity contribution is -0.133. The maximum absolute atomic E-state index is 12.2. The molecular weight excluding hydrogens is 302 g/mol. The van der Waals surface area contributed by atoms with Crippen molar-refractivity contribution in [3.05, 3.63) is 24.3 Å². The number of carbonyl (C=O) groups is 2. The van der Waals surface area contributed by atoms with Crippen LogP contribution in [-0.4, -0.2) is 47.1 Å². The van der Waals surface area contributed by atoms with Gasteiger partial charge in [-0.15, -0.1) is 0 Å². The van der Waals surface area contributed by atoms with E-state index in [2.05, 4.69) is 10.3 Å². The van der Waals surface area contributed by atoms with Crippen molar-refractivity contribution in [2.45, 2.75) is 19.1 Å². The molecule has 0 saturated heterocycles. The van der Waals surface area contributed by atoms with E-state index in [4.69, 9.17) is 4.42 Å². The average molecular weight is 321 g/mol. The maximum Gasteiger partial charge on any atom is 0.257 e. The molecule has 0 bridgehead atoms. The molecule has 0 saturated carbocycles. The summed E-state index contributed by atoms with van der Waals surface area (Å²) in [6.45, 7) is 4.82. The number of para-hydroxylation sites is 2. The number of likely N-dealkylation sites (N-methyl/N-ethyl adjacent to an activating group) is 2. The monoisotopic (exact) mass is 321 g/mol. The zero-order valence-corrected chi connectivity index (χ0v) is 13.5. The minimum atomic E-state index is -0.149. The van der Waals surface area contributed by atoms with E-state index in [1.165, 1.54) is 16.7 Å². The summed E-state index contributed by atoms with van der Waals surface area (Å²) in [5.74, 6) is -0.0642. The van der Waals surface area contributed by atoms with E-state index >= 15 is 0 Å². The lowest BCUT2D eigenvalue weighted by Gasteiger charge is -2.19. The van der Waals surface area contributed by atoms with Gasteiger partial charge in [0.05, 0.1) is 12.3 Å². The van der Waals surface area contributed by atoms with Gasteiger partial charge >= 0.3 is 0 Å². The predicted molar refractivity (Wildman–Crippen MR) is 85.7 cm³/mol. The molecule has 7 heteroatoms. The van der Waals surface area contributed by atoms with Crippen LogP contribution in [-0.2, 0) is 9.59 Å². The first-order valence-electron chi connectivity index (χ1n) is 7.16. The first-order chi connectivity index (χ1) is 10.6. The first kappa shape index (κ1) is 16.4. The van der Waals surface area contributed by atoms with Crippen molar-refractivity contribution >= 4 is 34.7 Å². The van der Waals surface area contributed by atoms with Crippen molar-refractivity contribution in [1.82, 2.24) is 15.2 Å². The van der Waals surface area contributed by atoms with Crippen LogP contribution < -0.4 is 5.32 Å². The molecule has 118 valence electrons. The zero-order chi connectivity index (χ0) is 15.9. The number of amides is 2. The van der Waals surface area contributed by atoms with Gasteiger partial charge in [-0.3, -0.25) is 9.59 Å². The van der Waals surface area contributed by atoms with Gasteiger partial charge in [0.2, 0.25) is 11.8 Å². The summed E-state index contributed by atoms with van der Waals surface area (Å²) in [6.07, 6.45) is 0. The highest BCUT2D eigenvalue weighted by Gasteiger charge is 2.16. The minimum Gasteiger partial charge on any atom is -0.431 e. The van der Waals surface area contributed by atoms with Gasteiger partial charge in [-0.05, 0) is 26.0 Å². The number of hydrogen-bond acceptors (Lipinski definition) is 5. The van der Waals surface area contributed by atoms with E-state index in [0.29, 0.717) is 23.9 Å². The number of nitrogens with zero attached hydrogens (tertiary/aromatic N) is 2.